The van der Waals surface area contributed by atoms with Crippen LogP contribution in [-0.4, -0.2) is 49.5 Å². The first kappa shape index (κ1) is 16.9. The number of aliphatic imine (C=N–C) groups is 1. The Morgan fingerprint density at radius 3 is 2.81 bits per heavy atom. The summed E-state index contributed by atoms with van der Waals surface area (Å²) >= 11 is 1.18. The van der Waals surface area contributed by atoms with Crippen LogP contribution >= 0.6 is 11.8 Å². The zero-order valence-electron chi connectivity index (χ0n) is 14.3. The van der Waals surface area contributed by atoms with Gasteiger partial charge in [-0.2, -0.15) is 4.99 Å². The van der Waals surface area contributed by atoms with Crippen molar-refractivity contribution in [2.24, 2.45) is 10.7 Å². The molecule has 0 spiro atoms. The second-order valence-electron chi connectivity index (χ2n) is 5.93. The minimum atomic E-state index is -0.310. The quantitative estimate of drug-likeness (QED) is 0.827. The molecule has 3 heterocycles. The Bertz CT molecular complexity index is 935. The first-order chi connectivity index (χ1) is 12.6. The van der Waals surface area contributed by atoms with Crippen LogP contribution in [0.25, 0.3) is 17.0 Å². The first-order valence-electron chi connectivity index (χ1n) is 8.23. The fourth-order valence-electron chi connectivity index (χ4n) is 2.98. The predicted octanol–water partition coefficient (Wildman–Crippen LogP) is 2.01. The molecule has 0 saturated carbocycles. The number of nitrogens with zero attached hydrogens (tertiary/aromatic N) is 3. The van der Waals surface area contributed by atoms with Crippen LogP contribution in [0.3, 0.4) is 0 Å². The molecule has 1 aromatic heterocycles. The first-order valence-corrected chi connectivity index (χ1v) is 9.05. The molecule has 7 nitrogen and oxygen atoms in total. The number of amides is 1. The molecule has 0 unspecified atom stereocenters. The largest absolute Gasteiger partial charge is 0.497 e. The Morgan fingerprint density at radius 1 is 1.31 bits per heavy atom. The summed E-state index contributed by atoms with van der Waals surface area (Å²) in [5, 5.41) is 1.24. The molecule has 2 aliphatic rings. The van der Waals surface area contributed by atoms with E-state index in [1.165, 1.54) is 11.8 Å². The van der Waals surface area contributed by atoms with Crippen LogP contribution < -0.4 is 15.4 Å². The van der Waals surface area contributed by atoms with Gasteiger partial charge in [-0.3, -0.25) is 4.79 Å². The van der Waals surface area contributed by atoms with E-state index in [1.807, 2.05) is 30.3 Å². The number of morpholine rings is 1. The molecule has 1 amide bonds. The number of carbonyl (C=O) groups excluding carboxylic acids is 1. The smallest absolute Gasteiger partial charge is 0.286 e. The van der Waals surface area contributed by atoms with Crippen LogP contribution in [0, 0.1) is 0 Å². The molecule has 4 rings (SSSR count). The number of hydrogen-bond acceptors (Lipinski definition) is 7. The molecule has 26 heavy (non-hydrogen) atoms. The standard InChI is InChI=1S/C18H18N4O3S/c1-24-13-3-2-11-8-12(9-15-17(23)21-18(19)26-15)16(20-14(11)10-13)22-4-6-25-7-5-22/h2-3,8-10H,4-7H2,1H3,(H2,19,21,23)/b15-9+. The number of pyridine rings is 1. The van der Waals surface area contributed by atoms with Crippen molar-refractivity contribution in [2.75, 3.05) is 38.3 Å². The van der Waals surface area contributed by atoms with Crippen LogP contribution in [0.2, 0.25) is 0 Å². The Labute approximate surface area is 154 Å². The van der Waals surface area contributed by atoms with Gasteiger partial charge < -0.3 is 20.1 Å². The number of rotatable bonds is 3. The van der Waals surface area contributed by atoms with Crippen molar-refractivity contribution < 1.29 is 14.3 Å². The van der Waals surface area contributed by atoms with Gasteiger partial charge in [0.25, 0.3) is 5.91 Å². The summed E-state index contributed by atoms with van der Waals surface area (Å²) in [6.45, 7) is 2.80. The summed E-state index contributed by atoms with van der Waals surface area (Å²) in [6.07, 6.45) is 1.82. The van der Waals surface area contributed by atoms with Crippen LogP contribution in [0.1, 0.15) is 5.56 Å². The monoisotopic (exact) mass is 370 g/mol. The Hall–Kier alpha value is -2.58. The van der Waals surface area contributed by atoms with Crippen molar-refractivity contribution in [1.82, 2.24) is 4.98 Å². The number of benzene rings is 1. The fraction of sp³-hybridized carbons (Fsp3) is 0.278. The van der Waals surface area contributed by atoms with Crippen LogP contribution in [0.4, 0.5) is 5.82 Å². The number of aromatic nitrogens is 1. The molecule has 2 aromatic rings. The van der Waals surface area contributed by atoms with E-state index in [2.05, 4.69) is 9.89 Å². The number of nitrogens with two attached hydrogens (primary N) is 1. The summed E-state index contributed by atoms with van der Waals surface area (Å²) in [5.74, 6) is 1.27. The second-order valence-corrected chi connectivity index (χ2v) is 6.99. The Kier molecular flexibility index (Phi) is 4.52. The maximum atomic E-state index is 12.0. The van der Waals surface area contributed by atoms with Gasteiger partial charge in [0.15, 0.2) is 5.17 Å². The summed E-state index contributed by atoms with van der Waals surface area (Å²) in [4.78, 5) is 23.3. The SMILES string of the molecule is COc1ccc2cc(/C=C3/SC(N)=NC3=O)c(N3CCOCC3)nc2c1. The summed E-state index contributed by atoms with van der Waals surface area (Å²) in [7, 11) is 1.64. The van der Waals surface area contributed by atoms with Crippen LogP contribution in [0.15, 0.2) is 34.2 Å². The van der Waals surface area contributed by atoms with E-state index in [0.29, 0.717) is 18.1 Å². The molecule has 0 atom stereocenters. The highest BCUT2D eigenvalue weighted by Crippen LogP contribution is 2.32. The molecular weight excluding hydrogens is 352 g/mol. The lowest BCUT2D eigenvalue weighted by molar-refractivity contribution is -0.113. The van der Waals surface area contributed by atoms with E-state index in [4.69, 9.17) is 20.2 Å². The van der Waals surface area contributed by atoms with Crippen molar-refractivity contribution >= 4 is 45.6 Å². The van der Waals surface area contributed by atoms with Crippen molar-refractivity contribution in [1.29, 1.82) is 0 Å². The van der Waals surface area contributed by atoms with E-state index >= 15 is 0 Å². The lowest BCUT2D eigenvalue weighted by Gasteiger charge is -2.29. The van der Waals surface area contributed by atoms with Crippen molar-refractivity contribution in [2.45, 2.75) is 0 Å². The summed E-state index contributed by atoms with van der Waals surface area (Å²) in [5.41, 5.74) is 7.38. The third-order valence-electron chi connectivity index (χ3n) is 4.27. The molecule has 0 bridgehead atoms. The number of methoxy groups -OCH3 is 1. The van der Waals surface area contributed by atoms with E-state index in [1.54, 1.807) is 7.11 Å². The normalized spacial score (nSPS) is 19.3. The molecule has 0 radical (unpaired) electrons. The van der Waals surface area contributed by atoms with E-state index in [0.717, 1.165) is 41.1 Å². The van der Waals surface area contributed by atoms with Gasteiger partial charge in [0, 0.05) is 30.1 Å². The average Bonchev–Trinajstić information content (AvgIpc) is 2.98. The van der Waals surface area contributed by atoms with Gasteiger partial charge in [-0.05, 0) is 36.0 Å². The van der Waals surface area contributed by atoms with Gasteiger partial charge in [-0.15, -0.1) is 0 Å². The van der Waals surface area contributed by atoms with E-state index in [-0.39, 0.29) is 11.1 Å². The summed E-state index contributed by atoms with van der Waals surface area (Å²) < 4.78 is 10.8. The Morgan fingerprint density at radius 2 is 2.12 bits per heavy atom. The van der Waals surface area contributed by atoms with Gasteiger partial charge in [-0.25, -0.2) is 4.98 Å². The van der Waals surface area contributed by atoms with E-state index in [9.17, 15) is 4.79 Å². The number of ether oxygens (including phenoxy) is 2. The Balaban J connectivity index is 1.83. The molecule has 2 N–H and O–H groups in total. The minimum Gasteiger partial charge on any atom is -0.497 e. The van der Waals surface area contributed by atoms with Gasteiger partial charge in [0.1, 0.15) is 11.6 Å². The zero-order chi connectivity index (χ0) is 18.1. The van der Waals surface area contributed by atoms with Crippen LogP contribution in [0.5, 0.6) is 5.75 Å². The molecule has 134 valence electrons. The highest BCUT2D eigenvalue weighted by Gasteiger charge is 2.22. The van der Waals surface area contributed by atoms with Gasteiger partial charge in [-0.1, -0.05) is 0 Å². The number of thioether (sulfide) groups is 1. The third kappa shape index (κ3) is 3.25. The highest BCUT2D eigenvalue weighted by atomic mass is 32.2. The fourth-order valence-corrected chi connectivity index (χ4v) is 3.65. The molecule has 1 aromatic carbocycles. The maximum absolute atomic E-state index is 12.0. The number of fused-ring (bicyclic) bond motifs is 1. The lowest BCUT2D eigenvalue weighted by Crippen LogP contribution is -2.37. The molecular formula is C18H18N4O3S. The molecule has 8 heteroatoms. The minimum absolute atomic E-state index is 0.271. The highest BCUT2D eigenvalue weighted by molar-refractivity contribution is 8.18. The molecule has 2 aliphatic heterocycles. The molecule has 1 fully saturated rings. The van der Waals surface area contributed by atoms with Gasteiger partial charge >= 0.3 is 0 Å². The molecule has 1 saturated heterocycles. The van der Waals surface area contributed by atoms with Gasteiger partial charge in [0.05, 0.1) is 30.7 Å². The van der Waals surface area contributed by atoms with Crippen molar-refractivity contribution in [3.8, 4) is 5.75 Å². The second kappa shape index (κ2) is 6.97. The topological polar surface area (TPSA) is 90.0 Å². The average molecular weight is 370 g/mol. The lowest BCUT2D eigenvalue weighted by atomic mass is 10.1. The zero-order valence-corrected chi connectivity index (χ0v) is 15.1. The molecule has 0 aliphatic carbocycles. The number of amidine groups is 1. The summed E-state index contributed by atoms with van der Waals surface area (Å²) in [6, 6.07) is 7.79. The number of hydrogen-bond donors (Lipinski definition) is 1. The number of carbonyl (C=O) groups is 1. The van der Waals surface area contributed by atoms with E-state index < -0.39 is 0 Å². The van der Waals surface area contributed by atoms with Gasteiger partial charge in [0.2, 0.25) is 0 Å². The predicted molar refractivity (Wildman–Crippen MR) is 104 cm³/mol. The third-order valence-corrected chi connectivity index (χ3v) is 5.08. The van der Waals surface area contributed by atoms with Crippen molar-refractivity contribution in [3.63, 3.8) is 0 Å². The van der Waals surface area contributed by atoms with Crippen molar-refractivity contribution in [3.05, 3.63) is 34.7 Å². The maximum Gasteiger partial charge on any atom is 0.286 e. The van der Waals surface area contributed by atoms with Crippen LogP contribution in [-0.2, 0) is 9.53 Å². The number of anilines is 1.